The highest BCUT2D eigenvalue weighted by Crippen LogP contribution is 2.52. The quantitative estimate of drug-likeness (QED) is 0.198. The van der Waals surface area contributed by atoms with Crippen LogP contribution in [0.15, 0.2) is 103 Å². The lowest BCUT2D eigenvalue weighted by Crippen LogP contribution is -2.62. The minimum Gasteiger partial charge on any atom is -0.311 e. The first-order valence-corrected chi connectivity index (χ1v) is 16.0. The van der Waals surface area contributed by atoms with Gasteiger partial charge >= 0.3 is 0 Å². The van der Waals surface area contributed by atoms with Gasteiger partial charge in [0.25, 0.3) is 6.71 Å². The van der Waals surface area contributed by atoms with Gasteiger partial charge in [0, 0.05) is 34.1 Å². The van der Waals surface area contributed by atoms with Crippen molar-refractivity contribution in [3.8, 4) is 0 Å². The molecule has 210 valence electrons. The van der Waals surface area contributed by atoms with Gasteiger partial charge in [-0.2, -0.15) is 0 Å². The number of fused-ring (bicyclic) bond motifs is 8. The molecule has 0 bridgehead atoms. The monoisotopic (exact) mass is 556 g/mol. The standard InChI is InChI=1S/C40H37BN2/c1-39(2)24-22-26-18-20-30-37(34(26)39)42(28-12-7-5-8-13-28)32-16-11-17-33-36(32)41(30)31-21-19-27-23-25-40(3,4)35(27)38(31)43(33)29-14-9-6-10-15-29/h5-21H,22-25H2,1-4H3. The zero-order valence-corrected chi connectivity index (χ0v) is 25.6. The maximum Gasteiger partial charge on any atom is 0.252 e. The summed E-state index contributed by atoms with van der Waals surface area (Å²) in [6.07, 6.45) is 4.68. The molecule has 0 fully saturated rings. The highest BCUT2D eigenvalue weighted by atomic mass is 15.2. The van der Waals surface area contributed by atoms with Crippen molar-refractivity contribution in [3.05, 3.63) is 125 Å². The molecule has 0 amide bonds. The predicted molar refractivity (Wildman–Crippen MR) is 183 cm³/mol. The van der Waals surface area contributed by atoms with E-state index in [2.05, 4.69) is 141 Å². The molecule has 4 aliphatic rings. The predicted octanol–water partition coefficient (Wildman–Crippen LogP) is 8.22. The van der Waals surface area contributed by atoms with Gasteiger partial charge in [0.15, 0.2) is 0 Å². The molecule has 2 aliphatic heterocycles. The van der Waals surface area contributed by atoms with E-state index in [9.17, 15) is 0 Å². The third-order valence-electron chi connectivity index (χ3n) is 10.9. The Morgan fingerprint density at radius 2 is 0.953 bits per heavy atom. The van der Waals surface area contributed by atoms with Crippen LogP contribution in [-0.2, 0) is 23.7 Å². The molecule has 9 rings (SSSR count). The first kappa shape index (κ1) is 25.3. The maximum atomic E-state index is 2.60. The molecule has 0 atom stereocenters. The van der Waals surface area contributed by atoms with Crippen LogP contribution in [0.1, 0.15) is 62.8 Å². The van der Waals surface area contributed by atoms with E-state index in [1.165, 1.54) is 74.5 Å². The average Bonchev–Trinajstić information content (AvgIpc) is 3.52. The first-order chi connectivity index (χ1) is 20.9. The minimum atomic E-state index is 0.121. The van der Waals surface area contributed by atoms with Crippen LogP contribution in [0.3, 0.4) is 0 Å². The molecular weight excluding hydrogens is 519 g/mol. The fourth-order valence-electron chi connectivity index (χ4n) is 8.95. The lowest BCUT2D eigenvalue weighted by Gasteiger charge is -2.46. The normalized spacial score (nSPS) is 18.1. The summed E-state index contributed by atoms with van der Waals surface area (Å²) in [7, 11) is 0. The number of nitrogens with zero attached hydrogens (tertiary/aromatic N) is 2. The number of anilines is 6. The van der Waals surface area contributed by atoms with Crippen molar-refractivity contribution in [2.45, 2.75) is 64.2 Å². The molecule has 0 aromatic heterocycles. The first-order valence-electron chi connectivity index (χ1n) is 16.0. The number of para-hydroxylation sites is 2. The fraction of sp³-hybridized carbons (Fsp3) is 0.250. The molecule has 43 heavy (non-hydrogen) atoms. The van der Waals surface area contributed by atoms with Crippen molar-refractivity contribution >= 4 is 57.2 Å². The second-order valence-electron chi connectivity index (χ2n) is 14.3. The van der Waals surface area contributed by atoms with E-state index in [-0.39, 0.29) is 17.5 Å². The van der Waals surface area contributed by atoms with E-state index in [4.69, 9.17) is 0 Å². The van der Waals surface area contributed by atoms with Gasteiger partial charge in [0.1, 0.15) is 0 Å². The molecule has 0 unspecified atom stereocenters. The molecular formula is C40H37BN2. The van der Waals surface area contributed by atoms with Gasteiger partial charge in [-0.05, 0) is 112 Å². The van der Waals surface area contributed by atoms with E-state index in [1.54, 1.807) is 11.1 Å². The Labute approximate surface area is 256 Å². The second kappa shape index (κ2) is 8.66. The minimum absolute atomic E-state index is 0.121. The SMILES string of the molecule is CC1(C)CCc2ccc3c(c21)N(c1ccccc1)c1cccc2c1B3c1ccc3c(c1N2c1ccccc1)C(C)(C)CC3. The van der Waals surface area contributed by atoms with Gasteiger partial charge in [-0.15, -0.1) is 0 Å². The number of benzene rings is 5. The van der Waals surface area contributed by atoms with Crippen LogP contribution in [0.25, 0.3) is 0 Å². The topological polar surface area (TPSA) is 6.48 Å². The van der Waals surface area contributed by atoms with Crippen molar-refractivity contribution in [3.63, 3.8) is 0 Å². The fourth-order valence-corrected chi connectivity index (χ4v) is 8.95. The molecule has 3 heteroatoms. The summed E-state index contributed by atoms with van der Waals surface area (Å²) in [5, 5.41) is 0. The van der Waals surface area contributed by atoms with Crippen molar-refractivity contribution in [1.29, 1.82) is 0 Å². The van der Waals surface area contributed by atoms with Gasteiger partial charge < -0.3 is 9.80 Å². The zero-order valence-electron chi connectivity index (χ0n) is 25.6. The van der Waals surface area contributed by atoms with Gasteiger partial charge in [-0.25, -0.2) is 0 Å². The summed E-state index contributed by atoms with van der Waals surface area (Å²) in [4.78, 5) is 5.20. The van der Waals surface area contributed by atoms with Crippen molar-refractivity contribution in [2.24, 2.45) is 0 Å². The van der Waals surface area contributed by atoms with E-state index in [0.717, 1.165) is 12.8 Å². The highest BCUT2D eigenvalue weighted by Gasteiger charge is 2.48. The van der Waals surface area contributed by atoms with E-state index in [0.29, 0.717) is 0 Å². The van der Waals surface area contributed by atoms with Crippen molar-refractivity contribution in [1.82, 2.24) is 0 Å². The van der Waals surface area contributed by atoms with Crippen LogP contribution in [-0.4, -0.2) is 6.71 Å². The lowest BCUT2D eigenvalue weighted by molar-refractivity contribution is 0.523. The molecule has 5 aromatic rings. The number of rotatable bonds is 2. The molecule has 2 aliphatic carbocycles. The Morgan fingerprint density at radius 1 is 0.512 bits per heavy atom. The summed E-state index contributed by atoms with van der Waals surface area (Å²) in [5.74, 6) is 0. The Bertz CT molecular complexity index is 1800. The van der Waals surface area contributed by atoms with Gasteiger partial charge in [-0.3, -0.25) is 0 Å². The maximum absolute atomic E-state index is 2.60. The largest absolute Gasteiger partial charge is 0.311 e. The molecule has 0 N–H and O–H groups in total. The second-order valence-corrected chi connectivity index (χ2v) is 14.3. The average molecular weight is 557 g/mol. The summed E-state index contributed by atoms with van der Waals surface area (Å²) in [6, 6.07) is 39.0. The van der Waals surface area contributed by atoms with Crippen LogP contribution in [0, 0.1) is 0 Å². The number of hydrogen-bond donors (Lipinski definition) is 0. The van der Waals surface area contributed by atoms with Crippen molar-refractivity contribution in [2.75, 3.05) is 9.80 Å². The Morgan fingerprint density at radius 3 is 1.40 bits per heavy atom. The smallest absolute Gasteiger partial charge is 0.252 e. The summed E-state index contributed by atoms with van der Waals surface area (Å²) >= 11 is 0. The summed E-state index contributed by atoms with van der Waals surface area (Å²) in [5.41, 5.74) is 18.6. The van der Waals surface area contributed by atoms with E-state index < -0.39 is 0 Å². The van der Waals surface area contributed by atoms with Crippen LogP contribution in [0.5, 0.6) is 0 Å². The lowest BCUT2D eigenvalue weighted by atomic mass is 9.33. The third kappa shape index (κ3) is 3.37. The molecule has 5 aromatic carbocycles. The number of hydrogen-bond acceptors (Lipinski definition) is 2. The molecule has 0 radical (unpaired) electrons. The molecule has 2 nitrogen and oxygen atoms in total. The zero-order chi connectivity index (χ0) is 29.1. The molecule has 0 saturated carbocycles. The van der Waals surface area contributed by atoms with Crippen molar-refractivity contribution < 1.29 is 0 Å². The Hall–Kier alpha value is -4.24. The molecule has 0 saturated heterocycles. The third-order valence-corrected chi connectivity index (χ3v) is 10.9. The Kier molecular flexibility index (Phi) is 5.09. The highest BCUT2D eigenvalue weighted by molar-refractivity contribution is 7.00. The van der Waals surface area contributed by atoms with Crippen LogP contribution in [0.4, 0.5) is 34.1 Å². The Balaban J connectivity index is 1.44. The van der Waals surface area contributed by atoms with Gasteiger partial charge in [0.2, 0.25) is 0 Å². The molecule has 2 heterocycles. The molecule has 0 spiro atoms. The van der Waals surface area contributed by atoms with Crippen LogP contribution in [0.2, 0.25) is 0 Å². The van der Waals surface area contributed by atoms with Crippen LogP contribution >= 0.6 is 0 Å². The summed E-state index contributed by atoms with van der Waals surface area (Å²) in [6.45, 7) is 10.00. The summed E-state index contributed by atoms with van der Waals surface area (Å²) < 4.78 is 0. The number of aryl methyl sites for hydroxylation is 2. The van der Waals surface area contributed by atoms with E-state index >= 15 is 0 Å². The van der Waals surface area contributed by atoms with Gasteiger partial charge in [0.05, 0.1) is 0 Å². The van der Waals surface area contributed by atoms with E-state index in [1.807, 2.05) is 0 Å². The van der Waals surface area contributed by atoms with Gasteiger partial charge in [-0.1, -0.05) is 94.4 Å². The van der Waals surface area contributed by atoms with Crippen LogP contribution < -0.4 is 26.2 Å².